The third-order valence-corrected chi connectivity index (χ3v) is 3.79. The van der Waals surface area contributed by atoms with Gasteiger partial charge in [-0.2, -0.15) is 0 Å². The molecule has 0 spiro atoms. The summed E-state index contributed by atoms with van der Waals surface area (Å²) in [5, 5.41) is 2.74. The molecule has 0 amide bonds. The van der Waals surface area contributed by atoms with Crippen LogP contribution in [0.15, 0.2) is 23.6 Å². The predicted octanol–water partition coefficient (Wildman–Crippen LogP) is 3.58. The molecule has 100 valence electrons. The Bertz CT molecular complexity index is 569. The van der Waals surface area contributed by atoms with E-state index in [1.807, 2.05) is 32.0 Å². The molecule has 4 heteroatoms. The molecule has 0 atom stereocenters. The first-order chi connectivity index (χ1) is 9.08. The van der Waals surface area contributed by atoms with Gasteiger partial charge in [-0.1, -0.05) is 18.2 Å². The zero-order chi connectivity index (χ0) is 13.8. The van der Waals surface area contributed by atoms with Crippen LogP contribution in [0.2, 0.25) is 0 Å². The molecule has 0 aliphatic heterocycles. The Balaban J connectivity index is 1.94. The highest BCUT2D eigenvalue weighted by Gasteiger charge is 2.07. The van der Waals surface area contributed by atoms with Crippen molar-refractivity contribution in [3.8, 4) is 5.75 Å². The molecule has 0 fully saturated rings. The van der Waals surface area contributed by atoms with Crippen LogP contribution in [0.1, 0.15) is 33.5 Å². The van der Waals surface area contributed by atoms with E-state index in [4.69, 9.17) is 4.74 Å². The lowest BCUT2D eigenvalue weighted by Crippen LogP contribution is -2.04. The average Bonchev–Trinajstić information content (AvgIpc) is 2.82. The Kier molecular flexibility index (Phi) is 4.32. The lowest BCUT2D eigenvalue weighted by Gasteiger charge is -2.10. The number of rotatable bonds is 5. The fourth-order valence-electron chi connectivity index (χ4n) is 1.85. The first-order valence-electron chi connectivity index (χ1n) is 6.22. The number of carbonyl (C=O) groups is 1. The second-order valence-electron chi connectivity index (χ2n) is 4.50. The molecular formula is C15H17NO2S. The van der Waals surface area contributed by atoms with Crippen molar-refractivity contribution in [3.63, 3.8) is 0 Å². The van der Waals surface area contributed by atoms with Gasteiger partial charge in [0.2, 0.25) is 0 Å². The van der Waals surface area contributed by atoms with Gasteiger partial charge in [0.15, 0.2) is 5.78 Å². The normalized spacial score (nSPS) is 10.5. The van der Waals surface area contributed by atoms with E-state index in [1.54, 1.807) is 5.38 Å². The molecule has 1 aromatic heterocycles. The summed E-state index contributed by atoms with van der Waals surface area (Å²) >= 11 is 1.51. The van der Waals surface area contributed by atoms with Crippen LogP contribution in [0.5, 0.6) is 5.75 Å². The first kappa shape index (κ1) is 13.7. The van der Waals surface area contributed by atoms with E-state index < -0.39 is 0 Å². The number of Topliss-reactive ketones (excluding diaryl/α,β-unsaturated/α-hetero) is 1. The quantitative estimate of drug-likeness (QED) is 0.783. The van der Waals surface area contributed by atoms with Gasteiger partial charge in [0.25, 0.3) is 0 Å². The number of aryl methyl sites for hydroxylation is 2. The SMILES string of the molecule is CC(=O)c1csc(CCOc2c(C)cccc2C)n1. The summed E-state index contributed by atoms with van der Waals surface area (Å²) in [4.78, 5) is 15.4. The highest BCUT2D eigenvalue weighted by molar-refractivity contribution is 7.09. The van der Waals surface area contributed by atoms with Gasteiger partial charge in [0, 0.05) is 18.7 Å². The van der Waals surface area contributed by atoms with Gasteiger partial charge in [-0.25, -0.2) is 4.98 Å². The number of benzene rings is 1. The van der Waals surface area contributed by atoms with E-state index in [1.165, 1.54) is 18.3 Å². The molecule has 0 saturated carbocycles. The van der Waals surface area contributed by atoms with Crippen LogP contribution in [0.3, 0.4) is 0 Å². The summed E-state index contributed by atoms with van der Waals surface area (Å²) in [6.07, 6.45) is 0.728. The van der Waals surface area contributed by atoms with Gasteiger partial charge in [-0.05, 0) is 25.0 Å². The van der Waals surface area contributed by atoms with Crippen LogP contribution < -0.4 is 4.74 Å². The number of hydrogen-bond donors (Lipinski definition) is 0. The number of carbonyl (C=O) groups excluding carboxylic acids is 1. The zero-order valence-electron chi connectivity index (χ0n) is 11.4. The van der Waals surface area contributed by atoms with E-state index in [0.717, 1.165) is 28.3 Å². The minimum Gasteiger partial charge on any atom is -0.493 e. The zero-order valence-corrected chi connectivity index (χ0v) is 12.2. The highest BCUT2D eigenvalue weighted by atomic mass is 32.1. The summed E-state index contributed by atoms with van der Waals surface area (Å²) in [7, 11) is 0. The topological polar surface area (TPSA) is 39.2 Å². The Labute approximate surface area is 117 Å². The van der Waals surface area contributed by atoms with Crippen LogP contribution in [0, 0.1) is 13.8 Å². The second kappa shape index (κ2) is 5.97. The van der Waals surface area contributed by atoms with Gasteiger partial charge < -0.3 is 4.74 Å². The van der Waals surface area contributed by atoms with Crippen molar-refractivity contribution in [2.45, 2.75) is 27.2 Å². The van der Waals surface area contributed by atoms with Gasteiger partial charge in [0.1, 0.15) is 11.4 Å². The maximum absolute atomic E-state index is 11.2. The number of para-hydroxylation sites is 1. The van der Waals surface area contributed by atoms with E-state index in [0.29, 0.717) is 12.3 Å². The molecule has 0 N–H and O–H groups in total. The molecule has 3 nitrogen and oxygen atoms in total. The molecule has 0 aliphatic carbocycles. The molecule has 0 unspecified atom stereocenters. The van der Waals surface area contributed by atoms with Crippen molar-refractivity contribution in [2.24, 2.45) is 0 Å². The molecule has 1 heterocycles. The van der Waals surface area contributed by atoms with Crippen LogP contribution in [0.4, 0.5) is 0 Å². The average molecular weight is 275 g/mol. The van der Waals surface area contributed by atoms with Gasteiger partial charge in [-0.3, -0.25) is 4.79 Å². The first-order valence-corrected chi connectivity index (χ1v) is 7.10. The van der Waals surface area contributed by atoms with Crippen LogP contribution in [-0.2, 0) is 6.42 Å². The van der Waals surface area contributed by atoms with E-state index in [-0.39, 0.29) is 5.78 Å². The minimum atomic E-state index is 0.0122. The van der Waals surface area contributed by atoms with E-state index in [2.05, 4.69) is 4.98 Å². The van der Waals surface area contributed by atoms with Crippen molar-refractivity contribution in [1.82, 2.24) is 4.98 Å². The fourth-order valence-corrected chi connectivity index (χ4v) is 2.67. The molecular weight excluding hydrogens is 258 g/mol. The summed E-state index contributed by atoms with van der Waals surface area (Å²) in [6.45, 7) is 6.20. The van der Waals surface area contributed by atoms with E-state index in [9.17, 15) is 4.79 Å². The van der Waals surface area contributed by atoms with E-state index >= 15 is 0 Å². The Morgan fingerprint density at radius 2 is 2.00 bits per heavy atom. The molecule has 1 aromatic carbocycles. The molecule has 2 aromatic rings. The van der Waals surface area contributed by atoms with Crippen LogP contribution in [0.25, 0.3) is 0 Å². The largest absolute Gasteiger partial charge is 0.493 e. The number of nitrogens with zero attached hydrogens (tertiary/aromatic N) is 1. The number of ether oxygens (including phenoxy) is 1. The van der Waals surface area contributed by atoms with Crippen LogP contribution in [-0.4, -0.2) is 17.4 Å². The number of ketones is 1. The maximum Gasteiger partial charge on any atom is 0.178 e. The van der Waals surface area contributed by atoms with Crippen LogP contribution >= 0.6 is 11.3 Å². The Morgan fingerprint density at radius 1 is 1.32 bits per heavy atom. The standard InChI is InChI=1S/C15H17NO2S/c1-10-5-4-6-11(2)15(10)18-8-7-14-16-13(9-19-14)12(3)17/h4-6,9H,7-8H2,1-3H3. The third-order valence-electron chi connectivity index (χ3n) is 2.88. The number of aromatic nitrogens is 1. The molecule has 19 heavy (non-hydrogen) atoms. The molecule has 0 aliphatic rings. The maximum atomic E-state index is 11.2. The Morgan fingerprint density at radius 3 is 2.58 bits per heavy atom. The lowest BCUT2D eigenvalue weighted by molar-refractivity contribution is 0.101. The van der Waals surface area contributed by atoms with Gasteiger partial charge in [0.05, 0.1) is 11.6 Å². The van der Waals surface area contributed by atoms with Crippen molar-refractivity contribution in [3.05, 3.63) is 45.4 Å². The third kappa shape index (κ3) is 3.41. The van der Waals surface area contributed by atoms with Crippen molar-refractivity contribution in [1.29, 1.82) is 0 Å². The van der Waals surface area contributed by atoms with Gasteiger partial charge in [-0.15, -0.1) is 11.3 Å². The van der Waals surface area contributed by atoms with Crippen molar-refractivity contribution >= 4 is 17.1 Å². The fraction of sp³-hybridized carbons (Fsp3) is 0.333. The number of hydrogen-bond acceptors (Lipinski definition) is 4. The monoisotopic (exact) mass is 275 g/mol. The highest BCUT2D eigenvalue weighted by Crippen LogP contribution is 2.22. The van der Waals surface area contributed by atoms with Gasteiger partial charge >= 0.3 is 0 Å². The summed E-state index contributed by atoms with van der Waals surface area (Å²) in [5.41, 5.74) is 2.83. The molecule has 0 saturated heterocycles. The smallest absolute Gasteiger partial charge is 0.178 e. The minimum absolute atomic E-state index is 0.0122. The molecule has 0 bridgehead atoms. The molecule has 2 rings (SSSR count). The summed E-state index contributed by atoms with van der Waals surface area (Å²) in [5.74, 6) is 0.962. The lowest BCUT2D eigenvalue weighted by atomic mass is 10.1. The van der Waals surface area contributed by atoms with Crippen molar-refractivity contribution in [2.75, 3.05) is 6.61 Å². The number of thiazole rings is 1. The van der Waals surface area contributed by atoms with Crippen molar-refractivity contribution < 1.29 is 9.53 Å². The Hall–Kier alpha value is -1.68. The summed E-state index contributed by atoms with van der Waals surface area (Å²) in [6, 6.07) is 6.11. The molecule has 0 radical (unpaired) electrons. The predicted molar refractivity (Wildman–Crippen MR) is 77.2 cm³/mol. The second-order valence-corrected chi connectivity index (χ2v) is 5.44. The summed E-state index contributed by atoms with van der Waals surface area (Å²) < 4.78 is 5.82.